The van der Waals surface area contributed by atoms with Crippen LogP contribution in [0.15, 0.2) is 48.5 Å². The third-order valence-corrected chi connectivity index (χ3v) is 6.14. The lowest BCUT2D eigenvalue weighted by atomic mass is 10.1. The van der Waals surface area contributed by atoms with E-state index in [1.54, 1.807) is 18.2 Å². The summed E-state index contributed by atoms with van der Waals surface area (Å²) >= 11 is 12.2. The van der Waals surface area contributed by atoms with Gasteiger partial charge >= 0.3 is 0 Å². The zero-order valence-electron chi connectivity index (χ0n) is 18.4. The summed E-state index contributed by atoms with van der Waals surface area (Å²) < 4.78 is 10.0. The normalized spacial score (nSPS) is 11.3. The number of rotatable bonds is 8. The van der Waals surface area contributed by atoms with Crippen LogP contribution in [-0.2, 0) is 19.7 Å². The van der Waals surface area contributed by atoms with Gasteiger partial charge in [-0.1, -0.05) is 42.3 Å². The molecule has 0 spiro atoms. The molecule has 7 heteroatoms. The second-order valence-corrected chi connectivity index (χ2v) is 8.67. The average molecular weight is 470 g/mol. The van der Waals surface area contributed by atoms with Crippen LogP contribution < -0.4 is 4.74 Å². The van der Waals surface area contributed by atoms with E-state index in [4.69, 9.17) is 32.9 Å². The van der Waals surface area contributed by atoms with E-state index in [2.05, 4.69) is 11.5 Å². The van der Waals surface area contributed by atoms with Gasteiger partial charge in [-0.3, -0.25) is 4.79 Å². The van der Waals surface area contributed by atoms with Crippen molar-refractivity contribution in [3.8, 4) is 5.75 Å². The molecule has 0 atom stereocenters. The molecule has 32 heavy (non-hydrogen) atoms. The molecule has 4 aromatic rings. The Hall–Kier alpha value is -2.76. The number of ketones is 1. The molecule has 2 aromatic heterocycles. The smallest absolute Gasteiger partial charge is 0.184 e. The molecule has 5 nitrogen and oxygen atoms in total. The van der Waals surface area contributed by atoms with E-state index in [1.807, 2.05) is 48.7 Å². The number of para-hydroxylation sites is 2. The van der Waals surface area contributed by atoms with Gasteiger partial charge in [-0.2, -0.15) is 0 Å². The minimum atomic E-state index is 0.0504. The molecule has 0 saturated heterocycles. The number of hydrogen-bond donors (Lipinski definition) is 0. The molecule has 0 aliphatic heterocycles. The SMILES string of the molecule is CCCn1c(C)cc(C(=O)Cn2c(COc3ccc(Cl)cc3Cl)nc3ccccc32)c1C. The summed E-state index contributed by atoms with van der Waals surface area (Å²) in [5, 5.41) is 0.973. The summed E-state index contributed by atoms with van der Waals surface area (Å²) in [5.74, 6) is 1.23. The topological polar surface area (TPSA) is 49.0 Å². The highest BCUT2D eigenvalue weighted by atomic mass is 35.5. The molecule has 4 rings (SSSR count). The Morgan fingerprint density at radius 3 is 2.59 bits per heavy atom. The van der Waals surface area contributed by atoms with Crippen LogP contribution in [0.3, 0.4) is 0 Å². The fourth-order valence-electron chi connectivity index (χ4n) is 4.03. The maximum absolute atomic E-state index is 13.3. The van der Waals surface area contributed by atoms with Crippen LogP contribution in [0.2, 0.25) is 10.0 Å². The maximum Gasteiger partial charge on any atom is 0.184 e. The summed E-state index contributed by atoms with van der Waals surface area (Å²) in [5.41, 5.74) is 4.57. The molecule has 2 heterocycles. The molecule has 0 fully saturated rings. The molecule has 0 aliphatic carbocycles. The van der Waals surface area contributed by atoms with E-state index in [0.29, 0.717) is 21.6 Å². The van der Waals surface area contributed by atoms with Gasteiger partial charge in [-0.25, -0.2) is 4.98 Å². The van der Waals surface area contributed by atoms with Gasteiger partial charge in [0.15, 0.2) is 5.78 Å². The van der Waals surface area contributed by atoms with Gasteiger partial charge in [0.1, 0.15) is 18.2 Å². The number of aromatic nitrogens is 3. The van der Waals surface area contributed by atoms with E-state index in [9.17, 15) is 4.79 Å². The second kappa shape index (κ2) is 9.39. The highest BCUT2D eigenvalue weighted by Crippen LogP contribution is 2.29. The first kappa shape index (κ1) is 22.4. The van der Waals surface area contributed by atoms with Crippen LogP contribution in [0.25, 0.3) is 11.0 Å². The summed E-state index contributed by atoms with van der Waals surface area (Å²) in [6.07, 6.45) is 1.02. The third kappa shape index (κ3) is 4.41. The largest absolute Gasteiger partial charge is 0.484 e. The van der Waals surface area contributed by atoms with E-state index >= 15 is 0 Å². The number of benzene rings is 2. The summed E-state index contributed by atoms with van der Waals surface area (Å²) in [6, 6.07) is 14.8. The van der Waals surface area contributed by atoms with Crippen molar-refractivity contribution in [3.05, 3.63) is 81.4 Å². The number of hydrogen-bond acceptors (Lipinski definition) is 3. The lowest BCUT2D eigenvalue weighted by Crippen LogP contribution is -2.15. The van der Waals surface area contributed by atoms with Crippen LogP contribution in [0.4, 0.5) is 0 Å². The van der Waals surface area contributed by atoms with Crippen molar-refractivity contribution in [1.29, 1.82) is 0 Å². The Kier molecular flexibility index (Phi) is 6.58. The van der Waals surface area contributed by atoms with E-state index in [0.717, 1.165) is 41.0 Å². The fraction of sp³-hybridized carbons (Fsp3) is 0.280. The molecule has 0 amide bonds. The second-order valence-electron chi connectivity index (χ2n) is 7.83. The minimum absolute atomic E-state index is 0.0504. The number of nitrogens with zero attached hydrogens (tertiary/aromatic N) is 3. The van der Waals surface area contributed by atoms with Crippen molar-refractivity contribution in [2.75, 3.05) is 0 Å². The first-order valence-corrected chi connectivity index (χ1v) is 11.4. The predicted octanol–water partition coefficient (Wildman–Crippen LogP) is 6.63. The average Bonchev–Trinajstić information content (AvgIpc) is 3.25. The van der Waals surface area contributed by atoms with Crippen molar-refractivity contribution in [2.24, 2.45) is 0 Å². The van der Waals surface area contributed by atoms with Crippen molar-refractivity contribution in [3.63, 3.8) is 0 Å². The van der Waals surface area contributed by atoms with Gasteiger partial charge in [0.25, 0.3) is 0 Å². The first-order valence-electron chi connectivity index (χ1n) is 10.6. The molecule has 2 aromatic carbocycles. The highest BCUT2D eigenvalue weighted by Gasteiger charge is 2.19. The molecule has 0 aliphatic rings. The number of fused-ring (bicyclic) bond motifs is 1. The molecule has 0 saturated carbocycles. The van der Waals surface area contributed by atoms with E-state index < -0.39 is 0 Å². The third-order valence-electron chi connectivity index (χ3n) is 5.61. The standard InChI is InChI=1S/C25H25Cl2N3O2/c1-4-11-29-16(2)12-19(17(29)3)23(31)14-30-22-8-6-5-7-21(22)28-25(30)15-32-24-10-9-18(26)13-20(24)27/h5-10,12-13H,4,11,14-15H2,1-3H3. The first-order chi connectivity index (χ1) is 15.4. The van der Waals surface area contributed by atoms with Gasteiger partial charge in [-0.05, 0) is 56.7 Å². The molecular formula is C25H25Cl2N3O2. The predicted molar refractivity (Wildman–Crippen MR) is 129 cm³/mol. The van der Waals surface area contributed by atoms with Gasteiger partial charge in [-0.15, -0.1) is 0 Å². The van der Waals surface area contributed by atoms with Gasteiger partial charge in [0.05, 0.1) is 22.6 Å². The number of ether oxygens (including phenoxy) is 1. The Morgan fingerprint density at radius 1 is 1.06 bits per heavy atom. The molecule has 0 bridgehead atoms. The Morgan fingerprint density at radius 2 is 1.84 bits per heavy atom. The highest BCUT2D eigenvalue weighted by molar-refractivity contribution is 6.35. The monoisotopic (exact) mass is 469 g/mol. The Bertz CT molecular complexity index is 1290. The Balaban J connectivity index is 1.64. The van der Waals surface area contributed by atoms with E-state index in [1.165, 1.54) is 0 Å². The zero-order valence-corrected chi connectivity index (χ0v) is 19.9. The zero-order chi connectivity index (χ0) is 22.8. The van der Waals surface area contributed by atoms with Crippen molar-refractivity contribution in [1.82, 2.24) is 14.1 Å². The number of carbonyl (C=O) groups excluding carboxylic acids is 1. The van der Waals surface area contributed by atoms with Gasteiger partial charge in [0, 0.05) is 28.5 Å². The maximum atomic E-state index is 13.3. The summed E-state index contributed by atoms with van der Waals surface area (Å²) in [6.45, 7) is 7.45. The molecule has 0 radical (unpaired) electrons. The van der Waals surface area contributed by atoms with Gasteiger partial charge in [0.2, 0.25) is 0 Å². The van der Waals surface area contributed by atoms with Gasteiger partial charge < -0.3 is 13.9 Å². The summed E-state index contributed by atoms with van der Waals surface area (Å²) in [7, 11) is 0. The number of imidazole rings is 1. The van der Waals surface area contributed by atoms with Crippen LogP contribution in [0.5, 0.6) is 5.75 Å². The van der Waals surface area contributed by atoms with Crippen LogP contribution in [-0.4, -0.2) is 19.9 Å². The van der Waals surface area contributed by atoms with Crippen LogP contribution in [0.1, 0.15) is 40.9 Å². The Labute approximate surface area is 197 Å². The minimum Gasteiger partial charge on any atom is -0.484 e. The lowest BCUT2D eigenvalue weighted by molar-refractivity contribution is 0.0970. The van der Waals surface area contributed by atoms with Crippen molar-refractivity contribution < 1.29 is 9.53 Å². The fourth-order valence-corrected chi connectivity index (χ4v) is 4.49. The number of aryl methyl sites for hydroxylation is 1. The molecular weight excluding hydrogens is 445 g/mol. The molecule has 0 unspecified atom stereocenters. The molecule has 0 N–H and O–H groups in total. The lowest BCUT2D eigenvalue weighted by Gasteiger charge is -2.12. The summed E-state index contributed by atoms with van der Waals surface area (Å²) in [4.78, 5) is 18.0. The number of halogens is 2. The van der Waals surface area contributed by atoms with Crippen LogP contribution >= 0.6 is 23.2 Å². The number of Topliss-reactive ketones (excluding diaryl/α,β-unsaturated/α-hetero) is 1. The molecule has 166 valence electrons. The van der Waals surface area contributed by atoms with E-state index in [-0.39, 0.29) is 18.9 Å². The quantitative estimate of drug-likeness (QED) is 0.272. The van der Waals surface area contributed by atoms with Crippen molar-refractivity contribution in [2.45, 2.75) is 46.9 Å². The van der Waals surface area contributed by atoms with Crippen molar-refractivity contribution >= 4 is 40.0 Å². The van der Waals surface area contributed by atoms with Crippen LogP contribution in [0, 0.1) is 13.8 Å². The number of carbonyl (C=O) groups is 1.